The van der Waals surface area contributed by atoms with Crippen molar-refractivity contribution in [3.63, 3.8) is 0 Å². The van der Waals surface area contributed by atoms with Crippen LogP contribution in [0.1, 0.15) is 27.2 Å². The molecule has 0 atom stereocenters. The van der Waals surface area contributed by atoms with Crippen molar-refractivity contribution < 1.29 is 14.3 Å². The minimum absolute atomic E-state index is 0.0312. The Hall–Kier alpha value is -1.95. The van der Waals surface area contributed by atoms with Crippen molar-refractivity contribution >= 4 is 29.1 Å². The summed E-state index contributed by atoms with van der Waals surface area (Å²) in [4.78, 5) is 23.3. The average Bonchev–Trinajstić information content (AvgIpc) is 2.43. The van der Waals surface area contributed by atoms with Crippen LogP contribution in [0, 0.1) is 0 Å². The van der Waals surface area contributed by atoms with Crippen LogP contribution in [-0.4, -0.2) is 37.6 Å². The largest absolute Gasteiger partial charge is 0.495 e. The summed E-state index contributed by atoms with van der Waals surface area (Å²) in [5.41, 5.74) is 0.408. The van der Waals surface area contributed by atoms with Gasteiger partial charge in [-0.1, -0.05) is 11.6 Å². The number of hydrogen-bond donors (Lipinski definition) is 3. The lowest BCUT2D eigenvalue weighted by atomic mass is 10.1. The Labute approximate surface area is 141 Å². The van der Waals surface area contributed by atoms with E-state index in [1.54, 1.807) is 25.3 Å². The first kappa shape index (κ1) is 19.1. The van der Waals surface area contributed by atoms with E-state index in [9.17, 15) is 9.59 Å². The molecule has 0 aliphatic carbocycles. The van der Waals surface area contributed by atoms with Crippen LogP contribution < -0.4 is 20.7 Å². The molecule has 0 aromatic heterocycles. The third kappa shape index (κ3) is 7.74. The van der Waals surface area contributed by atoms with Crippen LogP contribution in [0.3, 0.4) is 0 Å². The first-order chi connectivity index (χ1) is 10.7. The molecule has 0 saturated heterocycles. The summed E-state index contributed by atoms with van der Waals surface area (Å²) in [5.74, 6) is 0.234. The van der Waals surface area contributed by atoms with Gasteiger partial charge in [-0.25, -0.2) is 0 Å². The highest BCUT2D eigenvalue weighted by atomic mass is 35.5. The molecule has 0 bridgehead atoms. The van der Waals surface area contributed by atoms with Crippen molar-refractivity contribution in [2.24, 2.45) is 0 Å². The van der Waals surface area contributed by atoms with E-state index in [0.29, 0.717) is 17.3 Å². The van der Waals surface area contributed by atoms with E-state index in [-0.39, 0.29) is 30.3 Å². The number of nitrogens with one attached hydrogen (secondary N) is 3. The van der Waals surface area contributed by atoms with Crippen LogP contribution in [0.25, 0.3) is 0 Å². The second-order valence-corrected chi connectivity index (χ2v) is 6.53. The molecule has 0 saturated carbocycles. The molecule has 23 heavy (non-hydrogen) atoms. The normalized spacial score (nSPS) is 10.8. The molecule has 2 amide bonds. The summed E-state index contributed by atoms with van der Waals surface area (Å²) in [7, 11) is 1.56. The van der Waals surface area contributed by atoms with Gasteiger partial charge in [-0.15, -0.1) is 0 Å². The molecule has 1 aromatic carbocycles. The number of carbonyl (C=O) groups excluding carboxylic acids is 2. The number of hydrogen-bond acceptors (Lipinski definition) is 4. The quantitative estimate of drug-likeness (QED) is 0.710. The van der Waals surface area contributed by atoms with Crippen LogP contribution >= 0.6 is 11.6 Å². The second-order valence-electron chi connectivity index (χ2n) is 6.10. The smallest absolute Gasteiger partial charge is 0.239 e. The van der Waals surface area contributed by atoms with E-state index in [1.807, 2.05) is 20.8 Å². The van der Waals surface area contributed by atoms with Crippen molar-refractivity contribution in [3.8, 4) is 5.75 Å². The molecular formula is C16H24ClN3O3. The zero-order chi connectivity index (χ0) is 17.5. The van der Waals surface area contributed by atoms with Crippen molar-refractivity contribution in [3.05, 3.63) is 23.2 Å². The van der Waals surface area contributed by atoms with Gasteiger partial charge in [0.15, 0.2) is 0 Å². The van der Waals surface area contributed by atoms with Crippen molar-refractivity contribution in [2.45, 2.75) is 32.7 Å². The van der Waals surface area contributed by atoms with Gasteiger partial charge in [-0.05, 0) is 39.0 Å². The standard InChI is InChI=1S/C16H24ClN3O3/c1-16(2,3)20-15(22)10-19-14(21)7-8-18-12-9-11(17)5-6-13(12)23-4/h5-6,9,18H,7-8,10H2,1-4H3,(H,19,21)(H,20,22). The van der Waals surface area contributed by atoms with E-state index >= 15 is 0 Å². The molecule has 1 aromatic rings. The number of rotatable bonds is 7. The van der Waals surface area contributed by atoms with Crippen molar-refractivity contribution in [2.75, 3.05) is 25.5 Å². The summed E-state index contributed by atoms with van der Waals surface area (Å²) < 4.78 is 5.21. The maximum Gasteiger partial charge on any atom is 0.239 e. The van der Waals surface area contributed by atoms with E-state index in [2.05, 4.69) is 16.0 Å². The number of halogens is 1. The van der Waals surface area contributed by atoms with Gasteiger partial charge in [-0.3, -0.25) is 9.59 Å². The Morgan fingerprint density at radius 2 is 1.91 bits per heavy atom. The fourth-order valence-corrected chi connectivity index (χ4v) is 2.03. The lowest BCUT2D eigenvalue weighted by Gasteiger charge is -2.20. The number of amides is 2. The number of anilines is 1. The molecule has 0 aliphatic heterocycles. The fourth-order valence-electron chi connectivity index (χ4n) is 1.86. The van der Waals surface area contributed by atoms with E-state index in [0.717, 1.165) is 5.69 Å². The molecule has 0 radical (unpaired) electrons. The highest BCUT2D eigenvalue weighted by Gasteiger charge is 2.14. The van der Waals surface area contributed by atoms with Gasteiger partial charge in [0.05, 0.1) is 19.3 Å². The molecule has 3 N–H and O–H groups in total. The van der Waals surface area contributed by atoms with Gasteiger partial charge in [0.2, 0.25) is 11.8 Å². The van der Waals surface area contributed by atoms with Crippen LogP contribution in [0.2, 0.25) is 5.02 Å². The Morgan fingerprint density at radius 1 is 1.22 bits per heavy atom. The van der Waals surface area contributed by atoms with E-state index in [4.69, 9.17) is 16.3 Å². The van der Waals surface area contributed by atoms with Crippen LogP contribution in [0.15, 0.2) is 18.2 Å². The molecule has 128 valence electrons. The highest BCUT2D eigenvalue weighted by Crippen LogP contribution is 2.27. The van der Waals surface area contributed by atoms with E-state index in [1.165, 1.54) is 0 Å². The minimum atomic E-state index is -0.313. The van der Waals surface area contributed by atoms with Gasteiger partial charge < -0.3 is 20.7 Å². The fraction of sp³-hybridized carbons (Fsp3) is 0.500. The van der Waals surface area contributed by atoms with Gasteiger partial charge in [0.25, 0.3) is 0 Å². The molecule has 1 rings (SSSR count). The number of methoxy groups -OCH3 is 1. The maximum atomic E-state index is 11.7. The van der Waals surface area contributed by atoms with Crippen LogP contribution in [-0.2, 0) is 9.59 Å². The van der Waals surface area contributed by atoms with Crippen LogP contribution in [0.5, 0.6) is 5.75 Å². The topological polar surface area (TPSA) is 79.5 Å². The molecule has 0 fully saturated rings. The molecule has 6 nitrogen and oxygen atoms in total. The zero-order valence-corrected chi connectivity index (χ0v) is 14.7. The third-order valence-electron chi connectivity index (χ3n) is 2.79. The molecule has 0 unspecified atom stereocenters. The number of benzene rings is 1. The Kier molecular flexibility index (Phi) is 7.16. The van der Waals surface area contributed by atoms with Crippen molar-refractivity contribution in [1.29, 1.82) is 0 Å². The third-order valence-corrected chi connectivity index (χ3v) is 3.02. The molecule has 0 spiro atoms. The van der Waals surface area contributed by atoms with Gasteiger partial charge in [0.1, 0.15) is 5.75 Å². The maximum absolute atomic E-state index is 11.7. The molecule has 0 heterocycles. The lowest BCUT2D eigenvalue weighted by molar-refractivity contribution is -0.126. The summed E-state index contributed by atoms with van der Waals surface area (Å²) in [5, 5.41) is 9.03. The van der Waals surface area contributed by atoms with Gasteiger partial charge >= 0.3 is 0 Å². The Bertz CT molecular complexity index is 556. The first-order valence-electron chi connectivity index (χ1n) is 7.36. The monoisotopic (exact) mass is 341 g/mol. The van der Waals surface area contributed by atoms with Crippen LogP contribution in [0.4, 0.5) is 5.69 Å². The summed E-state index contributed by atoms with van der Waals surface area (Å²) >= 11 is 5.93. The van der Waals surface area contributed by atoms with Gasteiger partial charge in [0, 0.05) is 23.5 Å². The highest BCUT2D eigenvalue weighted by molar-refractivity contribution is 6.30. The number of carbonyl (C=O) groups is 2. The van der Waals surface area contributed by atoms with Crippen molar-refractivity contribution in [1.82, 2.24) is 10.6 Å². The SMILES string of the molecule is COc1ccc(Cl)cc1NCCC(=O)NCC(=O)NC(C)(C)C. The van der Waals surface area contributed by atoms with Gasteiger partial charge in [-0.2, -0.15) is 0 Å². The first-order valence-corrected chi connectivity index (χ1v) is 7.74. The predicted molar refractivity (Wildman–Crippen MR) is 92.0 cm³/mol. The second kappa shape index (κ2) is 8.62. The zero-order valence-electron chi connectivity index (χ0n) is 14.0. The number of ether oxygens (including phenoxy) is 1. The Morgan fingerprint density at radius 3 is 2.52 bits per heavy atom. The summed E-state index contributed by atoms with van der Waals surface area (Å²) in [6.45, 7) is 6.03. The molecule has 0 aliphatic rings. The Balaban J connectivity index is 2.34. The summed E-state index contributed by atoms with van der Waals surface area (Å²) in [6, 6.07) is 5.21. The average molecular weight is 342 g/mol. The summed E-state index contributed by atoms with van der Waals surface area (Å²) in [6.07, 6.45) is 0.235. The minimum Gasteiger partial charge on any atom is -0.495 e. The molecule has 7 heteroatoms. The molecular weight excluding hydrogens is 318 g/mol. The lowest BCUT2D eigenvalue weighted by Crippen LogP contribution is -2.46. The van der Waals surface area contributed by atoms with E-state index < -0.39 is 0 Å². The predicted octanol–water partition coefficient (Wildman–Crippen LogP) is 2.18.